The Balaban J connectivity index is 1.58. The summed E-state index contributed by atoms with van der Waals surface area (Å²) >= 11 is 5.72. The third-order valence-corrected chi connectivity index (χ3v) is 7.92. The van der Waals surface area contributed by atoms with Gasteiger partial charge in [-0.1, -0.05) is 45.1 Å². The lowest BCUT2D eigenvalue weighted by Gasteiger charge is -2.27. The van der Waals surface area contributed by atoms with Crippen LogP contribution >= 0.6 is 39.0 Å². The first-order valence-electron chi connectivity index (χ1n) is 8.77. The van der Waals surface area contributed by atoms with E-state index in [9.17, 15) is 14.4 Å². The number of imide groups is 1. The molecule has 2 aliphatic rings. The number of anilines is 1. The summed E-state index contributed by atoms with van der Waals surface area (Å²) in [4.78, 5) is 43.2. The normalized spacial score (nSPS) is 23.6. The number of carbonyl (C=O) groups is 2. The zero-order valence-electron chi connectivity index (χ0n) is 14.7. The van der Waals surface area contributed by atoms with Crippen molar-refractivity contribution in [1.29, 1.82) is 0 Å². The van der Waals surface area contributed by atoms with E-state index in [0.717, 1.165) is 20.7 Å². The predicted molar refractivity (Wildman–Crippen MR) is 115 cm³/mol. The van der Waals surface area contributed by atoms with Crippen LogP contribution in [0.1, 0.15) is 16.6 Å². The Bertz CT molecular complexity index is 1180. The van der Waals surface area contributed by atoms with Crippen LogP contribution in [0, 0.1) is 5.92 Å². The summed E-state index contributed by atoms with van der Waals surface area (Å²) in [6.07, 6.45) is 5.21. The average molecular weight is 489 g/mol. The molecule has 146 valence electrons. The molecule has 5 rings (SSSR count). The van der Waals surface area contributed by atoms with Crippen LogP contribution in [0.5, 0.6) is 0 Å². The molecule has 2 aliphatic heterocycles. The van der Waals surface area contributed by atoms with Crippen molar-refractivity contribution < 1.29 is 14.0 Å². The van der Waals surface area contributed by atoms with Gasteiger partial charge >= 0.3 is 4.87 Å². The van der Waals surface area contributed by atoms with Crippen LogP contribution in [0.3, 0.4) is 0 Å². The van der Waals surface area contributed by atoms with E-state index in [1.54, 1.807) is 42.7 Å². The Morgan fingerprint density at radius 2 is 1.90 bits per heavy atom. The van der Waals surface area contributed by atoms with Crippen molar-refractivity contribution in [2.24, 2.45) is 5.92 Å². The van der Waals surface area contributed by atoms with Crippen LogP contribution in [0.2, 0.25) is 0 Å². The lowest BCUT2D eigenvalue weighted by molar-refractivity contribution is -0.122. The van der Waals surface area contributed by atoms with Crippen molar-refractivity contribution in [1.82, 2.24) is 4.98 Å². The summed E-state index contributed by atoms with van der Waals surface area (Å²) < 4.78 is 6.22. The molecule has 1 aromatic carbocycles. The number of thiazole rings is 1. The van der Waals surface area contributed by atoms with Gasteiger partial charge in [0, 0.05) is 15.3 Å². The van der Waals surface area contributed by atoms with Crippen LogP contribution in [0.25, 0.3) is 6.08 Å². The number of thioether (sulfide) groups is 1. The van der Waals surface area contributed by atoms with Gasteiger partial charge in [-0.15, -0.1) is 0 Å². The highest BCUT2D eigenvalue weighted by molar-refractivity contribution is 9.10. The first kappa shape index (κ1) is 18.7. The highest BCUT2D eigenvalue weighted by atomic mass is 79.9. The molecule has 1 saturated heterocycles. The molecule has 3 atom stereocenters. The van der Waals surface area contributed by atoms with Crippen molar-refractivity contribution in [3.8, 4) is 0 Å². The highest BCUT2D eigenvalue weighted by Crippen LogP contribution is 2.51. The maximum atomic E-state index is 13.4. The molecule has 1 N–H and O–H groups in total. The Labute approximate surface area is 181 Å². The summed E-state index contributed by atoms with van der Waals surface area (Å²) in [7, 11) is 0. The smallest absolute Gasteiger partial charge is 0.305 e. The fourth-order valence-electron chi connectivity index (χ4n) is 3.69. The molecule has 2 amide bonds. The monoisotopic (exact) mass is 488 g/mol. The van der Waals surface area contributed by atoms with Gasteiger partial charge in [-0.2, -0.15) is 0 Å². The Kier molecular flexibility index (Phi) is 4.60. The molecule has 0 bridgehead atoms. The third kappa shape index (κ3) is 3.13. The van der Waals surface area contributed by atoms with Gasteiger partial charge in [-0.05, 0) is 42.5 Å². The topological polar surface area (TPSA) is 83.4 Å². The van der Waals surface area contributed by atoms with Gasteiger partial charge in [0.25, 0.3) is 0 Å². The van der Waals surface area contributed by atoms with E-state index in [1.807, 2.05) is 12.1 Å². The molecule has 29 heavy (non-hydrogen) atoms. The number of H-pyrrole nitrogens is 1. The van der Waals surface area contributed by atoms with Gasteiger partial charge in [0.2, 0.25) is 11.8 Å². The largest absolute Gasteiger partial charge is 0.465 e. The lowest BCUT2D eigenvalue weighted by atomic mass is 9.88. The Morgan fingerprint density at radius 1 is 1.10 bits per heavy atom. The minimum absolute atomic E-state index is 0.191. The molecule has 0 radical (unpaired) electrons. The van der Waals surface area contributed by atoms with Gasteiger partial charge < -0.3 is 9.40 Å². The maximum absolute atomic E-state index is 13.4. The molecular formula is C20H13BrN2O4S2. The number of rotatable bonds is 3. The van der Waals surface area contributed by atoms with Crippen LogP contribution in [0.15, 0.2) is 67.4 Å². The van der Waals surface area contributed by atoms with Crippen LogP contribution < -0.4 is 9.77 Å². The second-order valence-corrected chi connectivity index (χ2v) is 9.74. The number of allylic oxidation sites excluding steroid dienone is 1. The number of carbonyl (C=O) groups excluding carboxylic acids is 2. The van der Waals surface area contributed by atoms with Gasteiger partial charge in [0.1, 0.15) is 11.0 Å². The summed E-state index contributed by atoms with van der Waals surface area (Å²) in [5.74, 6) is -0.842. The minimum atomic E-state index is -0.588. The molecular weight excluding hydrogens is 476 g/mol. The third-order valence-electron chi connectivity index (χ3n) is 4.97. The molecule has 3 aromatic rings. The van der Waals surface area contributed by atoms with E-state index in [1.165, 1.54) is 16.7 Å². The Hall–Kier alpha value is -2.36. The summed E-state index contributed by atoms with van der Waals surface area (Å²) in [6.45, 7) is 0. The van der Waals surface area contributed by atoms with Gasteiger partial charge in [-0.3, -0.25) is 14.4 Å². The van der Waals surface area contributed by atoms with Crippen molar-refractivity contribution in [3.05, 3.63) is 73.5 Å². The molecule has 4 heterocycles. The number of benzene rings is 1. The average Bonchev–Trinajstić information content (AvgIpc) is 3.40. The van der Waals surface area contributed by atoms with Crippen molar-refractivity contribution >= 4 is 62.6 Å². The number of aromatic nitrogens is 1. The standard InChI is InChI=1S/C20H13BrN2O4S2/c21-10-3-5-11(6-4-10)23-18(24)14-13(8-7-12-2-1-9-27-12)15-17(22-20(26)29-15)28-16(14)19(23)25/h1-9,13-14,16H,(H,22,26)/b8-7+/t13-,14-,16+/m1/s1. The highest BCUT2D eigenvalue weighted by Gasteiger charge is 2.55. The zero-order chi connectivity index (χ0) is 20.1. The lowest BCUT2D eigenvalue weighted by Crippen LogP contribution is -2.31. The number of furan rings is 1. The number of fused-ring (bicyclic) bond motifs is 2. The first-order chi connectivity index (χ1) is 14.0. The number of hydrogen-bond acceptors (Lipinski definition) is 6. The fraction of sp³-hybridized carbons (Fsp3) is 0.150. The first-order valence-corrected chi connectivity index (χ1v) is 11.3. The number of aromatic amines is 1. The number of hydrogen-bond donors (Lipinski definition) is 1. The van der Waals surface area contributed by atoms with Crippen LogP contribution in [0.4, 0.5) is 5.69 Å². The summed E-state index contributed by atoms with van der Waals surface area (Å²) in [5.41, 5.74) is 0.545. The maximum Gasteiger partial charge on any atom is 0.305 e. The fourth-order valence-corrected chi connectivity index (χ4v) is 6.45. The predicted octanol–water partition coefficient (Wildman–Crippen LogP) is 4.25. The van der Waals surface area contributed by atoms with E-state index >= 15 is 0 Å². The summed E-state index contributed by atoms with van der Waals surface area (Å²) in [5, 5.41) is 0.0734. The van der Waals surface area contributed by atoms with E-state index < -0.39 is 11.2 Å². The van der Waals surface area contributed by atoms with Gasteiger partial charge in [0.15, 0.2) is 0 Å². The second-order valence-electron chi connectivity index (χ2n) is 6.66. The van der Waals surface area contributed by atoms with E-state index in [0.29, 0.717) is 16.5 Å². The molecule has 0 unspecified atom stereocenters. The molecule has 0 spiro atoms. The molecule has 6 nitrogen and oxygen atoms in total. The van der Waals surface area contributed by atoms with E-state index in [-0.39, 0.29) is 22.6 Å². The summed E-state index contributed by atoms with van der Waals surface area (Å²) in [6, 6.07) is 10.7. The van der Waals surface area contributed by atoms with Crippen molar-refractivity contribution in [2.75, 3.05) is 4.90 Å². The quantitative estimate of drug-likeness (QED) is 0.557. The minimum Gasteiger partial charge on any atom is -0.465 e. The SMILES string of the molecule is O=C1[C@H]2[C@H](Sc3[nH]c(=O)sc3[C@@H]2/C=C/c2ccco2)C(=O)N1c1ccc(Br)cc1. The van der Waals surface area contributed by atoms with Crippen LogP contribution in [-0.2, 0) is 9.59 Å². The van der Waals surface area contributed by atoms with Crippen molar-refractivity contribution in [3.63, 3.8) is 0 Å². The van der Waals surface area contributed by atoms with Gasteiger partial charge in [-0.25, -0.2) is 4.90 Å². The van der Waals surface area contributed by atoms with Crippen LogP contribution in [-0.4, -0.2) is 22.0 Å². The molecule has 9 heteroatoms. The number of halogens is 1. The number of nitrogens with zero attached hydrogens (tertiary/aromatic N) is 1. The molecule has 0 aliphatic carbocycles. The zero-order valence-corrected chi connectivity index (χ0v) is 17.9. The molecule has 0 saturated carbocycles. The molecule has 1 fully saturated rings. The van der Waals surface area contributed by atoms with Gasteiger partial charge in [0.05, 0.1) is 22.9 Å². The van der Waals surface area contributed by atoms with Crippen molar-refractivity contribution in [2.45, 2.75) is 16.2 Å². The van der Waals surface area contributed by atoms with E-state index in [4.69, 9.17) is 4.42 Å². The number of nitrogens with one attached hydrogen (secondary N) is 1. The number of amides is 2. The Morgan fingerprint density at radius 3 is 2.62 bits per heavy atom. The second kappa shape index (κ2) is 7.16. The van der Waals surface area contributed by atoms with E-state index in [2.05, 4.69) is 20.9 Å². The molecule has 2 aromatic heterocycles.